The first-order valence-electron chi connectivity index (χ1n) is 8.47. The maximum absolute atomic E-state index is 12.8. The van der Waals surface area contributed by atoms with E-state index in [0.29, 0.717) is 42.4 Å². The number of hydrogen-bond donors (Lipinski definition) is 1. The molecule has 1 unspecified atom stereocenters. The van der Waals surface area contributed by atoms with Crippen molar-refractivity contribution in [3.8, 4) is 0 Å². The molecule has 0 bridgehead atoms. The SMILES string of the molecule is CNC(C)Cc1noc(CCc2c(C)nc3nc(C(F)(F)F)nn3c2C)n1. The molecule has 8 nitrogen and oxygen atoms in total. The molecule has 0 spiro atoms. The Bertz CT molecular complexity index is 948. The molecule has 146 valence electrons. The zero-order chi connectivity index (χ0) is 19.8. The van der Waals surface area contributed by atoms with Gasteiger partial charge < -0.3 is 9.84 Å². The third-order valence-corrected chi connectivity index (χ3v) is 4.38. The molecule has 0 aromatic carbocycles. The number of aryl methyl sites for hydroxylation is 3. The number of hydrogen-bond acceptors (Lipinski definition) is 7. The van der Waals surface area contributed by atoms with Crippen molar-refractivity contribution in [1.82, 2.24) is 35.0 Å². The quantitative estimate of drug-likeness (QED) is 0.696. The summed E-state index contributed by atoms with van der Waals surface area (Å²) in [6, 6.07) is 0.224. The van der Waals surface area contributed by atoms with Crippen molar-refractivity contribution in [2.75, 3.05) is 7.05 Å². The predicted molar refractivity (Wildman–Crippen MR) is 89.2 cm³/mol. The molecule has 3 aromatic heterocycles. The second kappa shape index (κ2) is 7.22. The van der Waals surface area contributed by atoms with Crippen molar-refractivity contribution >= 4 is 5.78 Å². The van der Waals surface area contributed by atoms with Gasteiger partial charge in [0.2, 0.25) is 5.89 Å². The summed E-state index contributed by atoms with van der Waals surface area (Å²) in [6.07, 6.45) is -3.02. The van der Waals surface area contributed by atoms with Crippen LogP contribution in [0.2, 0.25) is 0 Å². The lowest BCUT2D eigenvalue weighted by Crippen LogP contribution is -2.24. The second-order valence-corrected chi connectivity index (χ2v) is 6.40. The van der Waals surface area contributed by atoms with Gasteiger partial charge in [-0.15, -0.1) is 5.10 Å². The zero-order valence-corrected chi connectivity index (χ0v) is 15.4. The Balaban J connectivity index is 1.81. The molecule has 3 heterocycles. The third-order valence-electron chi connectivity index (χ3n) is 4.38. The Labute approximate surface area is 153 Å². The molecule has 3 aromatic rings. The lowest BCUT2D eigenvalue weighted by Gasteiger charge is -2.09. The molecular weight excluding hydrogens is 363 g/mol. The molecule has 3 rings (SSSR count). The Kier molecular flexibility index (Phi) is 5.13. The highest BCUT2D eigenvalue weighted by atomic mass is 19.4. The molecule has 11 heteroatoms. The van der Waals surface area contributed by atoms with Crippen LogP contribution in [0.3, 0.4) is 0 Å². The van der Waals surface area contributed by atoms with Gasteiger partial charge in [0.1, 0.15) is 0 Å². The van der Waals surface area contributed by atoms with Gasteiger partial charge in [0.15, 0.2) is 5.82 Å². The zero-order valence-electron chi connectivity index (χ0n) is 15.4. The normalized spacial score (nSPS) is 13.4. The van der Waals surface area contributed by atoms with Crippen LogP contribution < -0.4 is 5.32 Å². The van der Waals surface area contributed by atoms with E-state index in [-0.39, 0.29) is 11.8 Å². The van der Waals surface area contributed by atoms with Gasteiger partial charge in [0.05, 0.1) is 0 Å². The molecule has 1 atom stereocenters. The molecule has 0 saturated heterocycles. The van der Waals surface area contributed by atoms with Gasteiger partial charge in [0, 0.05) is 30.3 Å². The number of fused-ring (bicyclic) bond motifs is 1. The van der Waals surface area contributed by atoms with Crippen LogP contribution in [-0.4, -0.2) is 42.8 Å². The van der Waals surface area contributed by atoms with Crippen LogP contribution in [0.1, 0.15) is 41.4 Å². The van der Waals surface area contributed by atoms with Crippen molar-refractivity contribution in [2.45, 2.75) is 52.3 Å². The molecule has 0 aliphatic carbocycles. The van der Waals surface area contributed by atoms with Gasteiger partial charge in [-0.1, -0.05) is 5.16 Å². The Hall–Kier alpha value is -2.56. The van der Waals surface area contributed by atoms with Crippen LogP contribution in [0.5, 0.6) is 0 Å². The fourth-order valence-electron chi connectivity index (χ4n) is 2.77. The maximum Gasteiger partial charge on any atom is 0.453 e. The van der Waals surface area contributed by atoms with Crippen molar-refractivity contribution in [3.05, 3.63) is 34.5 Å². The van der Waals surface area contributed by atoms with Gasteiger partial charge >= 0.3 is 6.18 Å². The van der Waals surface area contributed by atoms with Crippen LogP contribution in [-0.2, 0) is 25.4 Å². The Morgan fingerprint density at radius 3 is 2.56 bits per heavy atom. The highest BCUT2D eigenvalue weighted by Gasteiger charge is 2.36. The average Bonchev–Trinajstić information content (AvgIpc) is 3.21. The number of aromatic nitrogens is 6. The number of halogens is 3. The van der Waals surface area contributed by atoms with E-state index in [1.54, 1.807) is 13.8 Å². The molecular formula is C16H20F3N7O. The molecule has 0 aliphatic rings. The minimum absolute atomic E-state index is 0.0674. The summed E-state index contributed by atoms with van der Waals surface area (Å²) in [4.78, 5) is 12.0. The average molecular weight is 383 g/mol. The van der Waals surface area contributed by atoms with E-state index in [1.807, 2.05) is 14.0 Å². The van der Waals surface area contributed by atoms with Crippen molar-refractivity contribution in [1.29, 1.82) is 0 Å². The largest absolute Gasteiger partial charge is 0.453 e. The van der Waals surface area contributed by atoms with E-state index in [1.165, 1.54) is 0 Å². The fraction of sp³-hybridized carbons (Fsp3) is 0.562. The molecule has 0 aliphatic heterocycles. The molecule has 1 N–H and O–H groups in total. The van der Waals surface area contributed by atoms with Crippen LogP contribution in [0, 0.1) is 13.8 Å². The van der Waals surface area contributed by atoms with Crippen molar-refractivity contribution < 1.29 is 17.7 Å². The summed E-state index contributed by atoms with van der Waals surface area (Å²) in [5, 5.41) is 10.6. The molecule has 27 heavy (non-hydrogen) atoms. The van der Waals surface area contributed by atoms with Crippen molar-refractivity contribution in [3.63, 3.8) is 0 Å². The van der Waals surface area contributed by atoms with E-state index in [4.69, 9.17) is 4.52 Å². The number of likely N-dealkylation sites (N-methyl/N-ethyl adjacent to an activating group) is 1. The lowest BCUT2D eigenvalue weighted by atomic mass is 10.1. The summed E-state index contributed by atoms with van der Waals surface area (Å²) in [6.45, 7) is 5.44. The number of rotatable bonds is 6. The Morgan fingerprint density at radius 2 is 1.89 bits per heavy atom. The standard InChI is InChI=1S/C16H20F3N7O/c1-8(20-4)7-12-22-13(27-25-12)6-5-11-9(2)21-15-23-14(16(17,18)19)24-26(15)10(11)3/h8,20H,5-7H2,1-4H3. The Morgan fingerprint density at radius 1 is 1.15 bits per heavy atom. The van der Waals surface area contributed by atoms with Gasteiger partial charge in [-0.05, 0) is 39.8 Å². The summed E-state index contributed by atoms with van der Waals surface area (Å²) in [5.74, 6) is -0.182. The van der Waals surface area contributed by atoms with Crippen LogP contribution in [0.25, 0.3) is 5.78 Å². The second-order valence-electron chi connectivity index (χ2n) is 6.40. The van der Waals surface area contributed by atoms with Gasteiger partial charge in [-0.2, -0.15) is 23.1 Å². The van der Waals surface area contributed by atoms with Crippen LogP contribution in [0.15, 0.2) is 4.52 Å². The van der Waals surface area contributed by atoms with Gasteiger partial charge in [0.25, 0.3) is 11.6 Å². The predicted octanol–water partition coefficient (Wildman–Crippen LogP) is 2.08. The highest BCUT2D eigenvalue weighted by molar-refractivity contribution is 5.37. The fourth-order valence-corrected chi connectivity index (χ4v) is 2.77. The lowest BCUT2D eigenvalue weighted by molar-refractivity contribution is -0.144. The van der Waals surface area contributed by atoms with E-state index < -0.39 is 12.0 Å². The number of nitrogens with zero attached hydrogens (tertiary/aromatic N) is 6. The number of nitrogens with one attached hydrogen (secondary N) is 1. The minimum Gasteiger partial charge on any atom is -0.339 e. The smallest absolute Gasteiger partial charge is 0.339 e. The summed E-state index contributed by atoms with van der Waals surface area (Å²) >= 11 is 0. The maximum atomic E-state index is 12.8. The minimum atomic E-state index is -4.61. The monoisotopic (exact) mass is 383 g/mol. The first-order valence-corrected chi connectivity index (χ1v) is 8.47. The van der Waals surface area contributed by atoms with Crippen molar-refractivity contribution in [2.24, 2.45) is 0 Å². The number of alkyl halides is 3. The summed E-state index contributed by atoms with van der Waals surface area (Å²) < 4.78 is 44.9. The van der Waals surface area contributed by atoms with E-state index >= 15 is 0 Å². The summed E-state index contributed by atoms with van der Waals surface area (Å²) in [7, 11) is 1.86. The van der Waals surface area contributed by atoms with Gasteiger partial charge in [-0.3, -0.25) is 0 Å². The van der Waals surface area contributed by atoms with E-state index in [2.05, 4.69) is 30.5 Å². The van der Waals surface area contributed by atoms with E-state index in [0.717, 1.165) is 10.1 Å². The van der Waals surface area contributed by atoms with Crippen LogP contribution >= 0.6 is 0 Å². The molecule has 0 amide bonds. The first-order chi connectivity index (χ1) is 12.7. The third kappa shape index (κ3) is 4.07. The van der Waals surface area contributed by atoms with Crippen LogP contribution in [0.4, 0.5) is 13.2 Å². The topological polar surface area (TPSA) is 94.0 Å². The van der Waals surface area contributed by atoms with E-state index in [9.17, 15) is 13.2 Å². The van der Waals surface area contributed by atoms with Gasteiger partial charge in [-0.25, -0.2) is 9.50 Å². The molecule has 0 fully saturated rings. The highest BCUT2D eigenvalue weighted by Crippen LogP contribution is 2.27. The summed E-state index contributed by atoms with van der Waals surface area (Å²) in [5.41, 5.74) is 1.94. The molecule has 0 radical (unpaired) electrons. The molecule has 0 saturated carbocycles. The first kappa shape index (κ1) is 19.2.